The summed E-state index contributed by atoms with van der Waals surface area (Å²) in [7, 11) is -3.32. The van der Waals surface area contributed by atoms with Crippen molar-refractivity contribution in [3.05, 3.63) is 18.5 Å². The summed E-state index contributed by atoms with van der Waals surface area (Å²) in [4.78, 5) is 15.8. The lowest BCUT2D eigenvalue weighted by Gasteiger charge is -2.21. The van der Waals surface area contributed by atoms with Crippen molar-refractivity contribution in [1.82, 2.24) is 4.98 Å². The number of amides is 1. The number of nitrogens with zero attached hydrogens (tertiary/aromatic N) is 1. The number of nitrogens with two attached hydrogens (primary N) is 1. The second kappa shape index (κ2) is 4.93. The monoisotopic (exact) mass is 269 g/mol. The smallest absolute Gasteiger partial charge is 0.242 e. The molecule has 0 spiro atoms. The maximum absolute atomic E-state index is 12.0. The molecule has 0 aliphatic carbocycles. The number of hydrogen-bond donors (Lipinski definition) is 2. The second-order valence-electron chi connectivity index (χ2n) is 4.30. The lowest BCUT2D eigenvalue weighted by Crippen LogP contribution is -2.39. The molecule has 0 saturated carbocycles. The molecule has 1 aromatic rings. The van der Waals surface area contributed by atoms with E-state index in [1.165, 1.54) is 12.4 Å². The normalized spacial score (nSPS) is 22.3. The minimum atomic E-state index is -3.32. The Bertz CT molecular complexity index is 556. The summed E-state index contributed by atoms with van der Waals surface area (Å²) in [5.74, 6) is -0.427. The first-order valence-electron chi connectivity index (χ1n) is 5.72. The van der Waals surface area contributed by atoms with Crippen molar-refractivity contribution in [2.24, 2.45) is 0 Å². The minimum Gasteiger partial charge on any atom is -0.396 e. The number of nitrogens with one attached hydrogen (secondary N) is 1. The van der Waals surface area contributed by atoms with Gasteiger partial charge in [-0.1, -0.05) is 6.42 Å². The van der Waals surface area contributed by atoms with E-state index in [0.717, 1.165) is 6.42 Å². The average Bonchev–Trinajstić information content (AvgIpc) is 2.31. The number of sulfone groups is 1. The van der Waals surface area contributed by atoms with Crippen molar-refractivity contribution in [2.75, 3.05) is 16.8 Å². The van der Waals surface area contributed by atoms with Gasteiger partial charge in [-0.25, -0.2) is 8.42 Å². The molecule has 0 radical (unpaired) electrons. The fourth-order valence-corrected chi connectivity index (χ4v) is 3.78. The molecule has 1 unspecified atom stereocenters. The number of nitrogen functional groups attached to an aromatic ring is 1. The van der Waals surface area contributed by atoms with E-state index in [1.807, 2.05) is 0 Å². The number of rotatable bonds is 2. The van der Waals surface area contributed by atoms with E-state index < -0.39 is 21.0 Å². The number of pyridine rings is 1. The molecule has 1 saturated heterocycles. The molecule has 1 fully saturated rings. The quantitative estimate of drug-likeness (QED) is 0.817. The highest BCUT2D eigenvalue weighted by molar-refractivity contribution is 7.92. The third kappa shape index (κ3) is 2.61. The van der Waals surface area contributed by atoms with E-state index in [2.05, 4.69) is 10.3 Å². The molecule has 2 rings (SSSR count). The zero-order valence-electron chi connectivity index (χ0n) is 9.80. The largest absolute Gasteiger partial charge is 0.396 e. The summed E-state index contributed by atoms with van der Waals surface area (Å²) in [6, 6.07) is 1.54. The Hall–Kier alpha value is -1.63. The summed E-state index contributed by atoms with van der Waals surface area (Å²) in [5.41, 5.74) is 6.36. The second-order valence-corrected chi connectivity index (χ2v) is 6.61. The lowest BCUT2D eigenvalue weighted by molar-refractivity contribution is -0.116. The van der Waals surface area contributed by atoms with E-state index >= 15 is 0 Å². The zero-order chi connectivity index (χ0) is 13.2. The van der Waals surface area contributed by atoms with Gasteiger partial charge in [0.2, 0.25) is 5.91 Å². The molecule has 3 N–H and O–H groups in total. The Kier molecular flexibility index (Phi) is 3.51. The highest BCUT2D eigenvalue weighted by atomic mass is 32.2. The van der Waals surface area contributed by atoms with E-state index in [0.29, 0.717) is 24.2 Å². The predicted molar refractivity (Wildman–Crippen MR) is 68.7 cm³/mol. The molecule has 7 heteroatoms. The highest BCUT2D eigenvalue weighted by Crippen LogP contribution is 2.22. The minimum absolute atomic E-state index is 0.0803. The van der Waals surface area contributed by atoms with Crippen LogP contribution in [0, 0.1) is 0 Å². The summed E-state index contributed by atoms with van der Waals surface area (Å²) in [5, 5.41) is 1.59. The number of hydrogen-bond acceptors (Lipinski definition) is 5. The van der Waals surface area contributed by atoms with Gasteiger partial charge in [-0.15, -0.1) is 0 Å². The maximum Gasteiger partial charge on any atom is 0.242 e. The van der Waals surface area contributed by atoms with E-state index in [1.54, 1.807) is 6.07 Å². The molecule has 1 aliphatic heterocycles. The molecule has 18 heavy (non-hydrogen) atoms. The van der Waals surface area contributed by atoms with Crippen molar-refractivity contribution in [1.29, 1.82) is 0 Å². The van der Waals surface area contributed by atoms with E-state index in [4.69, 9.17) is 5.73 Å². The van der Waals surface area contributed by atoms with Crippen LogP contribution >= 0.6 is 0 Å². The van der Waals surface area contributed by atoms with Crippen molar-refractivity contribution in [3.63, 3.8) is 0 Å². The Labute approximate surface area is 106 Å². The lowest BCUT2D eigenvalue weighted by atomic mass is 10.2. The zero-order valence-corrected chi connectivity index (χ0v) is 10.6. The third-order valence-corrected chi connectivity index (χ3v) is 5.16. The first-order valence-corrected chi connectivity index (χ1v) is 7.44. The Morgan fingerprint density at radius 1 is 1.44 bits per heavy atom. The molecule has 98 valence electrons. The molecule has 2 heterocycles. The van der Waals surface area contributed by atoms with Gasteiger partial charge < -0.3 is 11.1 Å². The van der Waals surface area contributed by atoms with Gasteiger partial charge in [0.25, 0.3) is 0 Å². The topological polar surface area (TPSA) is 102 Å². The number of aromatic nitrogens is 1. The van der Waals surface area contributed by atoms with E-state index in [-0.39, 0.29) is 5.75 Å². The summed E-state index contributed by atoms with van der Waals surface area (Å²) in [6.45, 7) is 0. The fraction of sp³-hybridized carbons (Fsp3) is 0.455. The number of anilines is 2. The van der Waals surface area contributed by atoms with Crippen LogP contribution in [0.1, 0.15) is 19.3 Å². The fourth-order valence-electron chi connectivity index (χ4n) is 1.98. The van der Waals surface area contributed by atoms with Gasteiger partial charge in [-0.3, -0.25) is 9.78 Å². The Morgan fingerprint density at radius 2 is 2.22 bits per heavy atom. The van der Waals surface area contributed by atoms with Crippen LogP contribution in [0.4, 0.5) is 11.4 Å². The van der Waals surface area contributed by atoms with Crippen molar-refractivity contribution >= 4 is 27.1 Å². The van der Waals surface area contributed by atoms with Crippen LogP contribution in [0.3, 0.4) is 0 Å². The maximum atomic E-state index is 12.0. The summed E-state index contributed by atoms with van der Waals surface area (Å²) < 4.78 is 23.6. The Balaban J connectivity index is 2.15. The van der Waals surface area contributed by atoms with Crippen LogP contribution in [0.25, 0.3) is 0 Å². The molecule has 0 bridgehead atoms. The van der Waals surface area contributed by atoms with Gasteiger partial charge >= 0.3 is 0 Å². The molecule has 0 aromatic carbocycles. The number of carbonyl (C=O) groups is 1. The van der Waals surface area contributed by atoms with Gasteiger partial charge in [-0.05, 0) is 18.9 Å². The van der Waals surface area contributed by atoms with Crippen LogP contribution in [0.15, 0.2) is 18.5 Å². The molecular formula is C11H15N3O3S. The molecule has 1 aromatic heterocycles. The predicted octanol–water partition coefficient (Wildman–Crippen LogP) is 0.570. The van der Waals surface area contributed by atoms with Crippen LogP contribution in [-0.2, 0) is 14.6 Å². The third-order valence-electron chi connectivity index (χ3n) is 2.98. The molecule has 6 nitrogen and oxygen atoms in total. The molecule has 1 amide bonds. The van der Waals surface area contributed by atoms with Crippen LogP contribution in [-0.4, -0.2) is 30.3 Å². The van der Waals surface area contributed by atoms with Crippen molar-refractivity contribution < 1.29 is 13.2 Å². The number of carbonyl (C=O) groups excluding carboxylic acids is 1. The Morgan fingerprint density at radius 3 is 2.89 bits per heavy atom. The van der Waals surface area contributed by atoms with Gasteiger partial charge in [0.15, 0.2) is 9.84 Å². The average molecular weight is 269 g/mol. The molecular weight excluding hydrogens is 254 g/mol. The van der Waals surface area contributed by atoms with E-state index in [9.17, 15) is 13.2 Å². The highest BCUT2D eigenvalue weighted by Gasteiger charge is 2.34. The first-order chi connectivity index (χ1) is 8.50. The first kappa shape index (κ1) is 12.8. The van der Waals surface area contributed by atoms with Crippen LogP contribution in [0.2, 0.25) is 0 Å². The van der Waals surface area contributed by atoms with Crippen LogP contribution in [0.5, 0.6) is 0 Å². The summed E-state index contributed by atoms with van der Waals surface area (Å²) >= 11 is 0. The summed E-state index contributed by atoms with van der Waals surface area (Å²) in [6.07, 6.45) is 4.65. The van der Waals surface area contributed by atoms with Crippen LogP contribution < -0.4 is 11.1 Å². The van der Waals surface area contributed by atoms with Gasteiger partial charge in [0.05, 0.1) is 23.3 Å². The standard InChI is InChI=1S/C11H15N3O3S/c12-8-7-13-5-4-9(8)14-11(15)10-3-1-2-6-18(10,16)17/h4-5,7,10H,1-3,6,12H2,(H,13,14,15). The molecule has 1 aliphatic rings. The van der Waals surface area contributed by atoms with Gasteiger partial charge in [0, 0.05) is 6.20 Å². The SMILES string of the molecule is Nc1cnccc1NC(=O)C1CCCCS1(=O)=O. The molecule has 1 atom stereocenters. The van der Waals surface area contributed by atoms with Gasteiger partial charge in [-0.2, -0.15) is 0 Å². The van der Waals surface area contributed by atoms with Gasteiger partial charge in [0.1, 0.15) is 5.25 Å². The van der Waals surface area contributed by atoms with Crippen molar-refractivity contribution in [2.45, 2.75) is 24.5 Å². The van der Waals surface area contributed by atoms with Crippen molar-refractivity contribution in [3.8, 4) is 0 Å².